The van der Waals surface area contributed by atoms with Gasteiger partial charge >= 0.3 is 0 Å². The van der Waals surface area contributed by atoms with Crippen molar-refractivity contribution in [3.05, 3.63) is 83.3 Å². The number of nitrogens with one attached hydrogen (secondary N) is 2. The fraction of sp³-hybridized carbons (Fsp3) is 0.120. The molecule has 0 atom stereocenters. The second kappa shape index (κ2) is 11.7. The van der Waals surface area contributed by atoms with Crippen LogP contribution in [-0.4, -0.2) is 38.9 Å². The van der Waals surface area contributed by atoms with E-state index in [-0.39, 0.29) is 24.2 Å². The Morgan fingerprint density at radius 2 is 1.51 bits per heavy atom. The Morgan fingerprint density at radius 3 is 2.20 bits per heavy atom. The smallest absolute Gasteiger partial charge is 0.262 e. The van der Waals surface area contributed by atoms with Gasteiger partial charge in [-0.2, -0.15) is 0 Å². The van der Waals surface area contributed by atoms with E-state index >= 15 is 0 Å². The molecular formula is C25H22BrN5O3S. The monoisotopic (exact) mass is 551 g/mol. The van der Waals surface area contributed by atoms with Gasteiger partial charge in [0.2, 0.25) is 5.91 Å². The van der Waals surface area contributed by atoms with Gasteiger partial charge in [-0.05, 0) is 60.7 Å². The van der Waals surface area contributed by atoms with Crippen molar-refractivity contribution in [1.82, 2.24) is 14.8 Å². The van der Waals surface area contributed by atoms with Crippen LogP contribution in [0.2, 0.25) is 0 Å². The average Bonchev–Trinajstić information content (AvgIpc) is 3.24. The van der Waals surface area contributed by atoms with E-state index in [9.17, 15) is 9.59 Å². The third kappa shape index (κ3) is 6.93. The highest BCUT2D eigenvalue weighted by Gasteiger charge is 2.13. The van der Waals surface area contributed by atoms with E-state index in [4.69, 9.17) is 4.74 Å². The Labute approximate surface area is 215 Å². The number of rotatable bonds is 9. The van der Waals surface area contributed by atoms with E-state index in [1.807, 2.05) is 66.2 Å². The predicted molar refractivity (Wildman–Crippen MR) is 141 cm³/mol. The first-order valence-corrected chi connectivity index (χ1v) is 12.4. The molecule has 8 nitrogen and oxygen atoms in total. The molecule has 0 aliphatic carbocycles. The van der Waals surface area contributed by atoms with Gasteiger partial charge in [-0.15, -0.1) is 10.2 Å². The lowest BCUT2D eigenvalue weighted by atomic mass is 10.2. The van der Waals surface area contributed by atoms with Gasteiger partial charge in [0.1, 0.15) is 5.75 Å². The van der Waals surface area contributed by atoms with Crippen LogP contribution in [-0.2, 0) is 16.6 Å². The highest BCUT2D eigenvalue weighted by molar-refractivity contribution is 9.10. The minimum Gasteiger partial charge on any atom is -0.484 e. The molecule has 35 heavy (non-hydrogen) atoms. The van der Waals surface area contributed by atoms with Crippen LogP contribution in [0.1, 0.15) is 0 Å². The summed E-state index contributed by atoms with van der Waals surface area (Å²) in [4.78, 5) is 24.4. The summed E-state index contributed by atoms with van der Waals surface area (Å²) < 4.78 is 8.24. The van der Waals surface area contributed by atoms with E-state index in [1.165, 1.54) is 11.8 Å². The first kappa shape index (κ1) is 24.5. The topological polar surface area (TPSA) is 98.1 Å². The number of carbonyl (C=O) groups is 2. The van der Waals surface area contributed by atoms with Crippen LogP contribution < -0.4 is 15.4 Å². The van der Waals surface area contributed by atoms with Crippen LogP contribution in [0, 0.1) is 0 Å². The summed E-state index contributed by atoms with van der Waals surface area (Å²) >= 11 is 4.68. The first-order chi connectivity index (χ1) is 17.0. The van der Waals surface area contributed by atoms with Crippen molar-refractivity contribution in [3.63, 3.8) is 0 Å². The minimum atomic E-state index is -0.250. The molecule has 0 spiro atoms. The molecule has 3 aromatic carbocycles. The second-order valence-corrected chi connectivity index (χ2v) is 9.29. The van der Waals surface area contributed by atoms with Crippen LogP contribution in [0.15, 0.2) is 88.5 Å². The highest BCUT2D eigenvalue weighted by atomic mass is 79.9. The predicted octanol–water partition coefficient (Wildman–Crippen LogP) is 4.99. The van der Waals surface area contributed by atoms with Gasteiger partial charge in [0, 0.05) is 28.5 Å². The van der Waals surface area contributed by atoms with Crippen LogP contribution in [0.25, 0.3) is 11.4 Å². The summed E-state index contributed by atoms with van der Waals surface area (Å²) in [5.74, 6) is 1.13. The summed E-state index contributed by atoms with van der Waals surface area (Å²) in [6.07, 6.45) is 0. The molecule has 0 saturated carbocycles. The van der Waals surface area contributed by atoms with E-state index in [0.717, 1.165) is 15.7 Å². The maximum atomic E-state index is 12.3. The fourth-order valence-corrected chi connectivity index (χ4v) is 4.09. The molecule has 178 valence electrons. The molecule has 4 aromatic rings. The van der Waals surface area contributed by atoms with Crippen molar-refractivity contribution in [1.29, 1.82) is 0 Å². The Hall–Kier alpha value is -3.63. The Kier molecular flexibility index (Phi) is 8.17. The third-order valence-corrected chi connectivity index (χ3v) is 6.38. The number of hydrogen-bond donors (Lipinski definition) is 2. The zero-order valence-electron chi connectivity index (χ0n) is 18.8. The van der Waals surface area contributed by atoms with Crippen LogP contribution >= 0.6 is 27.7 Å². The molecule has 4 rings (SSSR count). The average molecular weight is 552 g/mol. The van der Waals surface area contributed by atoms with Crippen molar-refractivity contribution < 1.29 is 14.3 Å². The summed E-state index contributed by atoms with van der Waals surface area (Å²) in [6.45, 7) is -0.0783. The minimum absolute atomic E-state index is 0.0783. The molecule has 0 aliphatic heterocycles. The number of amides is 2. The molecule has 0 radical (unpaired) electrons. The van der Waals surface area contributed by atoms with Crippen molar-refractivity contribution in [2.75, 3.05) is 23.0 Å². The van der Waals surface area contributed by atoms with Crippen LogP contribution in [0.4, 0.5) is 11.4 Å². The summed E-state index contributed by atoms with van der Waals surface area (Å²) in [7, 11) is 1.85. The molecule has 2 N–H and O–H groups in total. The first-order valence-electron chi connectivity index (χ1n) is 10.6. The molecule has 1 heterocycles. The largest absolute Gasteiger partial charge is 0.484 e. The molecular weight excluding hydrogens is 530 g/mol. The van der Waals surface area contributed by atoms with Crippen LogP contribution in [0.5, 0.6) is 5.75 Å². The maximum Gasteiger partial charge on any atom is 0.262 e. The fourth-order valence-electron chi connectivity index (χ4n) is 3.12. The van der Waals surface area contributed by atoms with Crippen molar-refractivity contribution >= 4 is 50.9 Å². The Bertz CT molecular complexity index is 1300. The molecule has 10 heteroatoms. The molecule has 0 unspecified atom stereocenters. The van der Waals surface area contributed by atoms with Gasteiger partial charge in [0.25, 0.3) is 5.91 Å². The number of anilines is 2. The summed E-state index contributed by atoms with van der Waals surface area (Å²) in [5, 5.41) is 14.8. The molecule has 0 fully saturated rings. The maximum absolute atomic E-state index is 12.3. The van der Waals surface area contributed by atoms with E-state index in [0.29, 0.717) is 22.4 Å². The number of nitrogens with zero attached hydrogens (tertiary/aromatic N) is 3. The number of ether oxygens (including phenoxy) is 1. The van der Waals surface area contributed by atoms with E-state index < -0.39 is 0 Å². The zero-order chi connectivity index (χ0) is 24.6. The second-order valence-electron chi connectivity index (χ2n) is 7.44. The van der Waals surface area contributed by atoms with Crippen molar-refractivity contribution in [2.24, 2.45) is 7.05 Å². The number of halogens is 1. The summed E-state index contributed by atoms with van der Waals surface area (Å²) in [6, 6.07) is 23.9. The zero-order valence-corrected chi connectivity index (χ0v) is 21.2. The van der Waals surface area contributed by atoms with Gasteiger partial charge in [-0.25, -0.2) is 0 Å². The Morgan fingerprint density at radius 1 is 0.886 bits per heavy atom. The lowest BCUT2D eigenvalue weighted by molar-refractivity contribution is -0.118. The number of thioether (sulfide) groups is 1. The van der Waals surface area contributed by atoms with Gasteiger partial charge in [0.05, 0.1) is 5.75 Å². The normalized spacial score (nSPS) is 10.6. The molecule has 0 saturated heterocycles. The van der Waals surface area contributed by atoms with Gasteiger partial charge in [0.15, 0.2) is 17.6 Å². The lowest BCUT2D eigenvalue weighted by Gasteiger charge is -2.08. The van der Waals surface area contributed by atoms with Crippen molar-refractivity contribution in [2.45, 2.75) is 5.16 Å². The van der Waals surface area contributed by atoms with E-state index in [1.54, 1.807) is 24.3 Å². The van der Waals surface area contributed by atoms with Crippen molar-refractivity contribution in [3.8, 4) is 17.1 Å². The number of hydrogen-bond acceptors (Lipinski definition) is 6. The molecule has 2 amide bonds. The summed E-state index contributed by atoms with van der Waals surface area (Å²) in [5.41, 5.74) is 2.22. The highest BCUT2D eigenvalue weighted by Crippen LogP contribution is 2.24. The lowest BCUT2D eigenvalue weighted by Crippen LogP contribution is -2.20. The number of para-hydroxylation sites is 1. The Balaban J connectivity index is 1.30. The third-order valence-electron chi connectivity index (χ3n) is 4.84. The molecule has 0 bridgehead atoms. The van der Waals surface area contributed by atoms with Gasteiger partial charge < -0.3 is 19.9 Å². The molecule has 1 aromatic heterocycles. The van der Waals surface area contributed by atoms with Crippen LogP contribution in [0.3, 0.4) is 0 Å². The number of aromatic nitrogens is 3. The standard InChI is InChI=1S/C25H22BrN5O3S/c1-31-24(29-30-25(31)35-16-23(33)28-20-13-9-18(26)10-14-20)17-7-11-19(12-8-17)27-22(32)15-34-21-5-3-2-4-6-21/h2-14H,15-16H2,1H3,(H,27,32)(H,28,33). The van der Waals surface area contributed by atoms with E-state index in [2.05, 4.69) is 36.8 Å². The number of benzene rings is 3. The molecule has 0 aliphatic rings. The quantitative estimate of drug-likeness (QED) is 0.284. The SMILES string of the molecule is Cn1c(SCC(=O)Nc2ccc(Br)cc2)nnc1-c1ccc(NC(=O)COc2ccccc2)cc1. The number of carbonyl (C=O) groups excluding carboxylic acids is 2. The van der Waals surface area contributed by atoms with Gasteiger partial charge in [-0.1, -0.05) is 45.9 Å². The van der Waals surface area contributed by atoms with Gasteiger partial charge in [-0.3, -0.25) is 9.59 Å².